The Balaban J connectivity index is 2.02. The summed E-state index contributed by atoms with van der Waals surface area (Å²) in [6.07, 6.45) is -10.6. The fraction of sp³-hybridized carbons (Fsp3) is 0.300. The Kier molecular flexibility index (Phi) is 5.27. The van der Waals surface area contributed by atoms with Crippen LogP contribution in [0.2, 0.25) is 0 Å². The Morgan fingerprint density at radius 1 is 0.862 bits per heavy atom. The first-order valence-electron chi connectivity index (χ1n) is 8.48. The van der Waals surface area contributed by atoms with Crippen molar-refractivity contribution in [1.29, 1.82) is 0 Å². The van der Waals surface area contributed by atoms with E-state index >= 15 is 0 Å². The summed E-state index contributed by atoms with van der Waals surface area (Å²) < 4.78 is 99.2. The second-order valence-electron chi connectivity index (χ2n) is 6.56. The maximum Gasteiger partial charge on any atom is 0.432 e. The van der Waals surface area contributed by atoms with E-state index in [0.717, 1.165) is 17.8 Å². The van der Waals surface area contributed by atoms with Crippen molar-refractivity contribution in [3.05, 3.63) is 71.9 Å². The Labute approximate surface area is 162 Å². The van der Waals surface area contributed by atoms with Crippen molar-refractivity contribution in [2.75, 3.05) is 12.0 Å². The van der Waals surface area contributed by atoms with Crippen LogP contribution in [0.4, 0.5) is 36.4 Å². The average Bonchev–Trinajstić information content (AvgIpc) is 2.66. The van der Waals surface area contributed by atoms with Crippen LogP contribution in [0.15, 0.2) is 60.8 Å². The molecule has 29 heavy (non-hydrogen) atoms. The highest BCUT2D eigenvalue weighted by Crippen LogP contribution is 2.56. The van der Waals surface area contributed by atoms with Gasteiger partial charge in [-0.3, -0.25) is 0 Å². The normalized spacial score (nSPS) is 17.2. The Morgan fingerprint density at radius 2 is 1.45 bits per heavy atom. The maximum absolute atomic E-state index is 14.7. The van der Waals surface area contributed by atoms with Gasteiger partial charge in [-0.2, -0.15) is 26.3 Å². The number of alkyl halides is 7. The number of methoxy groups -OCH3 is 1. The smallest absolute Gasteiger partial charge is 0.432 e. The van der Waals surface area contributed by atoms with E-state index in [1.165, 1.54) is 30.2 Å². The highest BCUT2D eigenvalue weighted by Gasteiger charge is 2.76. The molecule has 0 radical (unpaired) electrons. The molecule has 0 saturated carbocycles. The number of allylic oxidation sites excluding steroid dienone is 1. The first kappa shape index (κ1) is 21.0. The molecular formula is C20H16F7NO. The third-order valence-corrected chi connectivity index (χ3v) is 4.81. The summed E-state index contributed by atoms with van der Waals surface area (Å²) in [5.74, 6) is -1.95. The molecule has 3 rings (SSSR count). The number of hydrogen-bond donors (Lipinski definition) is 0. The zero-order valence-electron chi connectivity index (χ0n) is 15.1. The molecule has 1 heterocycles. The third-order valence-electron chi connectivity index (χ3n) is 4.81. The minimum Gasteiger partial charge on any atom is -0.497 e. The maximum atomic E-state index is 14.7. The SMILES string of the molecule is COc1ccc(CN2C=CC(C(F)(C(F)(F)F)C(F)(F)F)c3ccccc32)cc1. The lowest BCUT2D eigenvalue weighted by Crippen LogP contribution is -2.57. The molecule has 156 valence electrons. The number of rotatable bonds is 4. The average molecular weight is 419 g/mol. The second kappa shape index (κ2) is 7.27. The molecule has 2 aromatic carbocycles. The highest BCUT2D eigenvalue weighted by atomic mass is 19.4. The van der Waals surface area contributed by atoms with Gasteiger partial charge in [0, 0.05) is 18.4 Å². The molecule has 0 aromatic heterocycles. The number of nitrogens with zero attached hydrogens (tertiary/aromatic N) is 1. The number of para-hydroxylation sites is 1. The predicted molar refractivity (Wildman–Crippen MR) is 93.4 cm³/mol. The molecule has 1 aliphatic rings. The van der Waals surface area contributed by atoms with Gasteiger partial charge >= 0.3 is 18.0 Å². The molecule has 0 amide bonds. The van der Waals surface area contributed by atoms with Crippen LogP contribution < -0.4 is 9.64 Å². The van der Waals surface area contributed by atoms with Crippen molar-refractivity contribution in [2.24, 2.45) is 0 Å². The summed E-state index contributed by atoms with van der Waals surface area (Å²) in [7, 11) is 1.49. The molecule has 0 saturated heterocycles. The van der Waals surface area contributed by atoms with Crippen molar-refractivity contribution in [3.63, 3.8) is 0 Å². The highest BCUT2D eigenvalue weighted by molar-refractivity contribution is 5.62. The first-order valence-corrected chi connectivity index (χ1v) is 8.48. The molecule has 0 aliphatic carbocycles. The third kappa shape index (κ3) is 3.65. The summed E-state index contributed by atoms with van der Waals surface area (Å²) in [5, 5.41) is 0. The number of fused-ring (bicyclic) bond motifs is 1. The quantitative estimate of drug-likeness (QED) is 0.552. The molecule has 9 heteroatoms. The van der Waals surface area contributed by atoms with Crippen molar-refractivity contribution < 1.29 is 35.5 Å². The van der Waals surface area contributed by atoms with Crippen molar-refractivity contribution in [3.8, 4) is 5.75 Å². The molecular weight excluding hydrogens is 403 g/mol. The lowest BCUT2D eigenvalue weighted by Gasteiger charge is -2.39. The van der Waals surface area contributed by atoms with E-state index in [1.54, 1.807) is 24.3 Å². The van der Waals surface area contributed by atoms with Crippen LogP contribution in [-0.4, -0.2) is 25.1 Å². The summed E-state index contributed by atoms with van der Waals surface area (Å²) in [5.41, 5.74) is -4.98. The van der Waals surface area contributed by atoms with Crippen molar-refractivity contribution >= 4 is 5.69 Å². The molecule has 0 bridgehead atoms. The predicted octanol–water partition coefficient (Wildman–Crippen LogP) is 6.15. The minimum atomic E-state index is -6.13. The number of benzene rings is 2. The zero-order valence-corrected chi connectivity index (χ0v) is 15.1. The molecule has 0 fully saturated rings. The van der Waals surface area contributed by atoms with Crippen LogP contribution in [0.25, 0.3) is 0 Å². The van der Waals surface area contributed by atoms with Gasteiger partial charge < -0.3 is 9.64 Å². The van der Waals surface area contributed by atoms with Crippen molar-refractivity contribution in [2.45, 2.75) is 30.5 Å². The largest absolute Gasteiger partial charge is 0.497 e. The number of ether oxygens (including phenoxy) is 1. The van der Waals surface area contributed by atoms with Gasteiger partial charge in [-0.05, 0) is 29.3 Å². The molecule has 2 nitrogen and oxygen atoms in total. The molecule has 1 aliphatic heterocycles. The molecule has 0 N–H and O–H groups in total. The molecule has 2 aromatic rings. The van der Waals surface area contributed by atoms with Crippen LogP contribution >= 0.6 is 0 Å². The van der Waals surface area contributed by atoms with E-state index in [1.807, 2.05) is 0 Å². The van der Waals surface area contributed by atoms with Gasteiger partial charge in [0.15, 0.2) is 0 Å². The number of hydrogen-bond acceptors (Lipinski definition) is 2. The standard InChI is InChI=1S/C20H16F7NO/c1-29-14-8-6-13(7-9-14)12-28-11-10-16(15-4-2-3-5-17(15)28)18(21,19(22,23)24)20(25,26)27/h2-11,16H,12H2,1H3. The summed E-state index contributed by atoms with van der Waals surface area (Å²) in [6, 6.07) is 12.0. The van der Waals surface area contributed by atoms with Gasteiger partial charge in [0.25, 0.3) is 0 Å². The molecule has 0 spiro atoms. The van der Waals surface area contributed by atoms with Crippen LogP contribution in [0.3, 0.4) is 0 Å². The fourth-order valence-electron chi connectivity index (χ4n) is 3.31. The topological polar surface area (TPSA) is 12.5 Å². The fourth-order valence-corrected chi connectivity index (χ4v) is 3.31. The first-order chi connectivity index (χ1) is 13.5. The van der Waals surface area contributed by atoms with E-state index in [-0.39, 0.29) is 17.8 Å². The van der Waals surface area contributed by atoms with Gasteiger partial charge in [0.1, 0.15) is 5.75 Å². The molecule has 1 atom stereocenters. The van der Waals surface area contributed by atoms with E-state index in [9.17, 15) is 30.7 Å². The summed E-state index contributed by atoms with van der Waals surface area (Å²) in [4.78, 5) is 1.47. The van der Waals surface area contributed by atoms with Gasteiger partial charge in [0.2, 0.25) is 0 Å². The monoisotopic (exact) mass is 419 g/mol. The van der Waals surface area contributed by atoms with Crippen LogP contribution in [0.5, 0.6) is 5.75 Å². The zero-order chi connectivity index (χ0) is 21.4. The molecule has 1 unspecified atom stereocenters. The second-order valence-corrected chi connectivity index (χ2v) is 6.56. The lowest BCUT2D eigenvalue weighted by molar-refractivity contribution is -0.345. The Hall–Kier alpha value is -2.71. The summed E-state index contributed by atoms with van der Waals surface area (Å²) >= 11 is 0. The van der Waals surface area contributed by atoms with Gasteiger partial charge in [0.05, 0.1) is 13.0 Å². The van der Waals surface area contributed by atoms with Crippen LogP contribution in [0.1, 0.15) is 17.0 Å². The van der Waals surface area contributed by atoms with Gasteiger partial charge in [-0.15, -0.1) is 0 Å². The van der Waals surface area contributed by atoms with E-state index in [0.29, 0.717) is 11.8 Å². The van der Waals surface area contributed by atoms with Gasteiger partial charge in [-0.1, -0.05) is 36.4 Å². The summed E-state index contributed by atoms with van der Waals surface area (Å²) in [6.45, 7) is 0.168. The minimum absolute atomic E-state index is 0.0753. The van der Waals surface area contributed by atoms with E-state index in [4.69, 9.17) is 4.74 Å². The van der Waals surface area contributed by atoms with Gasteiger partial charge in [-0.25, -0.2) is 4.39 Å². The number of halogens is 7. The van der Waals surface area contributed by atoms with E-state index < -0.39 is 23.9 Å². The van der Waals surface area contributed by atoms with Crippen LogP contribution in [0, 0.1) is 0 Å². The Bertz CT molecular complexity index is 873. The van der Waals surface area contributed by atoms with Crippen LogP contribution in [-0.2, 0) is 6.54 Å². The lowest BCUT2D eigenvalue weighted by atomic mass is 9.79. The van der Waals surface area contributed by atoms with Crippen molar-refractivity contribution in [1.82, 2.24) is 0 Å². The number of anilines is 1. The Morgan fingerprint density at radius 3 is 2.00 bits per heavy atom. The van der Waals surface area contributed by atoms with E-state index in [2.05, 4.69) is 0 Å².